The van der Waals surface area contributed by atoms with Crippen molar-refractivity contribution in [3.63, 3.8) is 0 Å². The molecule has 4 aromatic rings. The molecule has 0 atom stereocenters. The molecule has 0 aliphatic heterocycles. The van der Waals surface area contributed by atoms with Crippen LogP contribution in [0.4, 0.5) is 5.82 Å². The summed E-state index contributed by atoms with van der Waals surface area (Å²) < 4.78 is 3.88. The van der Waals surface area contributed by atoms with Gasteiger partial charge in [0.1, 0.15) is 0 Å². The second kappa shape index (κ2) is 8.83. The minimum atomic E-state index is -0.213. The molecule has 0 radical (unpaired) electrons. The number of carbonyl (C=O) groups excluding carboxylic acids is 1. The Morgan fingerprint density at radius 2 is 1.71 bits per heavy atom. The van der Waals surface area contributed by atoms with Crippen LogP contribution in [0.1, 0.15) is 27.4 Å². The molecule has 0 aliphatic rings. The molecular formula is C23H25N7O. The standard InChI is InChI=1S/C23H25N7O/c1-16-9-11-18(12-10-16)22-28-27-19(30(22)13-17-7-5-4-6-8-17)14-29-15-26-21(24-2)20(29)23(31)25-3/h4-12,15,24H,13-14H2,1-3H3,(H,25,31). The summed E-state index contributed by atoms with van der Waals surface area (Å²) in [4.78, 5) is 16.8. The number of nitrogens with zero attached hydrogens (tertiary/aromatic N) is 5. The first-order valence-corrected chi connectivity index (χ1v) is 10.1. The number of rotatable bonds is 7. The molecule has 2 N–H and O–H groups in total. The SMILES string of the molecule is CNC(=O)c1c(NC)ncn1Cc1nnc(-c2ccc(C)cc2)n1Cc1ccccc1. The summed E-state index contributed by atoms with van der Waals surface area (Å²) in [7, 11) is 3.35. The third-order valence-electron chi connectivity index (χ3n) is 5.15. The van der Waals surface area contributed by atoms with Crippen molar-refractivity contribution < 1.29 is 4.79 Å². The molecule has 8 heteroatoms. The zero-order chi connectivity index (χ0) is 21.8. The van der Waals surface area contributed by atoms with Crippen LogP contribution in [0.2, 0.25) is 0 Å². The van der Waals surface area contributed by atoms with Gasteiger partial charge in [-0.15, -0.1) is 10.2 Å². The minimum Gasteiger partial charge on any atom is -0.371 e. The molecule has 1 amide bonds. The van der Waals surface area contributed by atoms with Gasteiger partial charge in [0.2, 0.25) is 0 Å². The maximum atomic E-state index is 12.4. The normalized spacial score (nSPS) is 10.8. The maximum Gasteiger partial charge on any atom is 0.271 e. The van der Waals surface area contributed by atoms with E-state index in [1.54, 1.807) is 25.0 Å². The number of aromatic nitrogens is 5. The van der Waals surface area contributed by atoms with Crippen molar-refractivity contribution in [3.8, 4) is 11.4 Å². The molecule has 2 heterocycles. The van der Waals surface area contributed by atoms with Crippen molar-refractivity contribution in [2.75, 3.05) is 19.4 Å². The summed E-state index contributed by atoms with van der Waals surface area (Å²) in [6.45, 7) is 3.04. The van der Waals surface area contributed by atoms with Crippen molar-refractivity contribution in [2.24, 2.45) is 0 Å². The van der Waals surface area contributed by atoms with Gasteiger partial charge in [0.15, 0.2) is 23.2 Å². The summed E-state index contributed by atoms with van der Waals surface area (Å²) in [5.41, 5.74) is 3.78. The lowest BCUT2D eigenvalue weighted by Crippen LogP contribution is -2.23. The van der Waals surface area contributed by atoms with Crippen molar-refractivity contribution in [1.82, 2.24) is 29.6 Å². The molecule has 0 aliphatic carbocycles. The van der Waals surface area contributed by atoms with Gasteiger partial charge in [-0.25, -0.2) is 4.98 Å². The number of anilines is 1. The molecule has 0 saturated carbocycles. The fraction of sp³-hybridized carbons (Fsp3) is 0.217. The Balaban J connectivity index is 1.77. The lowest BCUT2D eigenvalue weighted by atomic mass is 10.1. The van der Waals surface area contributed by atoms with Crippen molar-refractivity contribution in [1.29, 1.82) is 0 Å². The number of benzene rings is 2. The van der Waals surface area contributed by atoms with Crippen LogP contribution in [-0.4, -0.2) is 44.3 Å². The monoisotopic (exact) mass is 415 g/mol. The first-order valence-electron chi connectivity index (χ1n) is 10.1. The summed E-state index contributed by atoms with van der Waals surface area (Å²) >= 11 is 0. The third-order valence-corrected chi connectivity index (χ3v) is 5.15. The van der Waals surface area contributed by atoms with Gasteiger partial charge in [-0.2, -0.15) is 0 Å². The molecule has 0 spiro atoms. The van der Waals surface area contributed by atoms with E-state index in [4.69, 9.17) is 0 Å². The van der Waals surface area contributed by atoms with E-state index in [-0.39, 0.29) is 5.91 Å². The highest BCUT2D eigenvalue weighted by atomic mass is 16.1. The number of carbonyl (C=O) groups is 1. The van der Waals surface area contributed by atoms with Crippen LogP contribution < -0.4 is 10.6 Å². The first kappa shape index (κ1) is 20.3. The van der Waals surface area contributed by atoms with Crippen LogP contribution in [0.25, 0.3) is 11.4 Å². The lowest BCUT2D eigenvalue weighted by molar-refractivity contribution is 0.0955. The van der Waals surface area contributed by atoms with Gasteiger partial charge >= 0.3 is 0 Å². The molecule has 0 fully saturated rings. The van der Waals surface area contributed by atoms with Crippen LogP contribution >= 0.6 is 0 Å². The molecular weight excluding hydrogens is 390 g/mol. The van der Waals surface area contributed by atoms with Crippen molar-refractivity contribution in [2.45, 2.75) is 20.0 Å². The van der Waals surface area contributed by atoms with E-state index >= 15 is 0 Å². The topological polar surface area (TPSA) is 89.7 Å². The summed E-state index contributed by atoms with van der Waals surface area (Å²) in [5, 5.41) is 14.6. The lowest BCUT2D eigenvalue weighted by Gasteiger charge is -2.13. The number of aryl methyl sites for hydroxylation is 1. The molecule has 8 nitrogen and oxygen atoms in total. The number of nitrogens with one attached hydrogen (secondary N) is 2. The zero-order valence-corrected chi connectivity index (χ0v) is 17.8. The number of imidazole rings is 1. The van der Waals surface area contributed by atoms with E-state index in [0.717, 1.165) is 22.8 Å². The zero-order valence-electron chi connectivity index (χ0n) is 17.8. The summed E-state index contributed by atoms with van der Waals surface area (Å²) in [6.07, 6.45) is 1.64. The fourth-order valence-corrected chi connectivity index (χ4v) is 3.49. The Bertz CT molecular complexity index is 1180. The molecule has 4 rings (SSSR count). The van der Waals surface area contributed by atoms with E-state index in [2.05, 4.69) is 73.7 Å². The number of amides is 1. The molecule has 31 heavy (non-hydrogen) atoms. The van der Waals surface area contributed by atoms with Crippen LogP contribution in [-0.2, 0) is 13.1 Å². The second-order valence-corrected chi connectivity index (χ2v) is 7.28. The molecule has 0 unspecified atom stereocenters. The van der Waals surface area contributed by atoms with Gasteiger partial charge in [-0.3, -0.25) is 4.79 Å². The van der Waals surface area contributed by atoms with Gasteiger partial charge < -0.3 is 19.8 Å². The molecule has 2 aromatic heterocycles. The highest BCUT2D eigenvalue weighted by molar-refractivity contribution is 5.97. The summed E-state index contributed by atoms with van der Waals surface area (Å²) in [5.74, 6) is 1.83. The van der Waals surface area contributed by atoms with Crippen LogP contribution in [0.15, 0.2) is 60.9 Å². The maximum absolute atomic E-state index is 12.4. The van der Waals surface area contributed by atoms with E-state index in [9.17, 15) is 4.79 Å². The van der Waals surface area contributed by atoms with Crippen LogP contribution in [0.3, 0.4) is 0 Å². The van der Waals surface area contributed by atoms with Gasteiger partial charge in [0.05, 0.1) is 19.4 Å². The van der Waals surface area contributed by atoms with Crippen LogP contribution in [0, 0.1) is 6.92 Å². The van der Waals surface area contributed by atoms with E-state index in [0.29, 0.717) is 24.6 Å². The Labute approximate surface area is 181 Å². The van der Waals surface area contributed by atoms with E-state index in [1.165, 1.54) is 5.56 Å². The second-order valence-electron chi connectivity index (χ2n) is 7.28. The molecule has 158 valence electrons. The highest BCUT2D eigenvalue weighted by Gasteiger charge is 2.20. The van der Waals surface area contributed by atoms with Crippen molar-refractivity contribution in [3.05, 3.63) is 83.6 Å². The van der Waals surface area contributed by atoms with E-state index < -0.39 is 0 Å². The van der Waals surface area contributed by atoms with Gasteiger partial charge in [0.25, 0.3) is 5.91 Å². The molecule has 2 aromatic carbocycles. The smallest absolute Gasteiger partial charge is 0.271 e. The van der Waals surface area contributed by atoms with Crippen LogP contribution in [0.5, 0.6) is 0 Å². The number of hydrogen-bond acceptors (Lipinski definition) is 5. The predicted molar refractivity (Wildman–Crippen MR) is 120 cm³/mol. The fourth-order valence-electron chi connectivity index (χ4n) is 3.49. The van der Waals surface area contributed by atoms with E-state index in [1.807, 2.05) is 18.2 Å². The average Bonchev–Trinajstić information content (AvgIpc) is 3.39. The van der Waals surface area contributed by atoms with Gasteiger partial charge in [-0.1, -0.05) is 60.2 Å². The quantitative estimate of drug-likeness (QED) is 0.484. The first-order chi connectivity index (χ1) is 15.1. The molecule has 0 bridgehead atoms. The van der Waals surface area contributed by atoms with Gasteiger partial charge in [-0.05, 0) is 12.5 Å². The Kier molecular flexibility index (Phi) is 5.79. The predicted octanol–water partition coefficient (Wildman–Crippen LogP) is 2.95. The Hall–Kier alpha value is -3.94. The Morgan fingerprint density at radius 3 is 2.39 bits per heavy atom. The van der Waals surface area contributed by atoms with Crippen molar-refractivity contribution >= 4 is 11.7 Å². The third kappa shape index (κ3) is 4.18. The average molecular weight is 416 g/mol. The summed E-state index contributed by atoms with van der Waals surface area (Å²) in [6, 6.07) is 18.4. The Morgan fingerprint density at radius 1 is 0.968 bits per heavy atom. The minimum absolute atomic E-state index is 0.213. The highest BCUT2D eigenvalue weighted by Crippen LogP contribution is 2.22. The largest absolute Gasteiger partial charge is 0.371 e. The molecule has 0 saturated heterocycles. The van der Waals surface area contributed by atoms with Gasteiger partial charge in [0, 0.05) is 19.7 Å². The number of hydrogen-bond donors (Lipinski definition) is 2.